The fourth-order valence-electron chi connectivity index (χ4n) is 4.11. The van der Waals surface area contributed by atoms with E-state index in [9.17, 15) is 5.11 Å². The summed E-state index contributed by atoms with van der Waals surface area (Å²) in [7, 11) is 4.96. The van der Waals surface area contributed by atoms with Gasteiger partial charge in [0.15, 0.2) is 11.5 Å². The zero-order valence-corrected chi connectivity index (χ0v) is 14.1. The summed E-state index contributed by atoms with van der Waals surface area (Å²) in [5, 5.41) is 13.5. The summed E-state index contributed by atoms with van der Waals surface area (Å²) in [6, 6.07) is 5.70. The SMILES string of the molecule is COc1c2c3c(c(OC)c1OC)-c1ccc(O)cc1CC3NCC2. The Hall–Kier alpha value is -2.40. The molecule has 1 aliphatic heterocycles. The van der Waals surface area contributed by atoms with E-state index in [4.69, 9.17) is 14.2 Å². The molecule has 1 unspecified atom stereocenters. The number of rotatable bonds is 3. The molecule has 2 N–H and O–H groups in total. The van der Waals surface area contributed by atoms with Crippen LogP contribution in [0.15, 0.2) is 18.2 Å². The van der Waals surface area contributed by atoms with Crippen LogP contribution in [0.2, 0.25) is 0 Å². The summed E-state index contributed by atoms with van der Waals surface area (Å²) < 4.78 is 17.1. The molecule has 5 heteroatoms. The van der Waals surface area contributed by atoms with E-state index in [1.54, 1.807) is 27.4 Å². The number of ether oxygens (including phenoxy) is 3. The van der Waals surface area contributed by atoms with Gasteiger partial charge in [-0.2, -0.15) is 0 Å². The summed E-state index contributed by atoms with van der Waals surface area (Å²) in [4.78, 5) is 0. The van der Waals surface area contributed by atoms with Gasteiger partial charge in [0.05, 0.1) is 21.3 Å². The fraction of sp³-hybridized carbons (Fsp3) is 0.368. The molecular weight excluding hydrogens is 306 g/mol. The average molecular weight is 327 g/mol. The summed E-state index contributed by atoms with van der Waals surface area (Å²) >= 11 is 0. The standard InChI is InChI=1S/C19H21NO4/c1-22-17-13-6-7-20-14-9-10-8-11(21)4-5-12(10)16(15(13)14)18(23-2)19(17)24-3/h4-5,8,14,20-21H,6-7,9H2,1-3H3. The summed E-state index contributed by atoms with van der Waals surface area (Å²) in [5.41, 5.74) is 5.66. The second-order valence-corrected chi connectivity index (χ2v) is 6.17. The van der Waals surface area contributed by atoms with Crippen LogP contribution in [0.1, 0.15) is 22.7 Å². The van der Waals surface area contributed by atoms with Crippen LogP contribution < -0.4 is 19.5 Å². The van der Waals surface area contributed by atoms with Crippen LogP contribution in [0.3, 0.4) is 0 Å². The summed E-state index contributed by atoms with van der Waals surface area (Å²) in [5.74, 6) is 2.37. The maximum atomic E-state index is 9.88. The zero-order chi connectivity index (χ0) is 16.8. The van der Waals surface area contributed by atoms with Crippen LogP contribution in [-0.2, 0) is 12.8 Å². The van der Waals surface area contributed by atoms with E-state index in [0.29, 0.717) is 11.5 Å². The molecule has 2 aromatic carbocycles. The number of hydrogen-bond donors (Lipinski definition) is 2. The van der Waals surface area contributed by atoms with Gasteiger partial charge in [-0.15, -0.1) is 0 Å². The number of fused-ring (bicyclic) bond motifs is 2. The Morgan fingerprint density at radius 2 is 1.79 bits per heavy atom. The highest BCUT2D eigenvalue weighted by molar-refractivity contribution is 5.86. The molecule has 1 atom stereocenters. The van der Waals surface area contributed by atoms with Gasteiger partial charge in [0, 0.05) is 17.2 Å². The van der Waals surface area contributed by atoms with Gasteiger partial charge in [-0.25, -0.2) is 0 Å². The van der Waals surface area contributed by atoms with Crippen molar-refractivity contribution in [1.82, 2.24) is 5.32 Å². The second kappa shape index (κ2) is 5.60. The van der Waals surface area contributed by atoms with Gasteiger partial charge in [0.1, 0.15) is 5.75 Å². The first-order chi connectivity index (χ1) is 11.7. The highest BCUT2D eigenvalue weighted by atomic mass is 16.5. The van der Waals surface area contributed by atoms with E-state index < -0.39 is 0 Å². The highest BCUT2D eigenvalue weighted by Crippen LogP contribution is 2.55. The quantitative estimate of drug-likeness (QED) is 0.908. The minimum absolute atomic E-state index is 0.187. The Morgan fingerprint density at radius 1 is 1.04 bits per heavy atom. The molecule has 1 aliphatic carbocycles. The third-order valence-corrected chi connectivity index (χ3v) is 5.02. The third kappa shape index (κ3) is 1.97. The Kier molecular flexibility index (Phi) is 3.53. The molecule has 24 heavy (non-hydrogen) atoms. The van der Waals surface area contributed by atoms with Crippen molar-refractivity contribution in [3.8, 4) is 34.1 Å². The second-order valence-electron chi connectivity index (χ2n) is 6.17. The lowest BCUT2D eigenvalue weighted by atomic mass is 9.77. The molecule has 2 aliphatic rings. The largest absolute Gasteiger partial charge is 0.508 e. The normalized spacial score (nSPS) is 17.7. The number of phenols is 1. The maximum absolute atomic E-state index is 9.88. The molecule has 0 saturated carbocycles. The van der Waals surface area contributed by atoms with Gasteiger partial charge in [0.2, 0.25) is 5.75 Å². The topological polar surface area (TPSA) is 60.0 Å². The minimum Gasteiger partial charge on any atom is -0.508 e. The Balaban J connectivity index is 2.12. The van der Waals surface area contributed by atoms with Crippen LogP contribution in [0.4, 0.5) is 0 Å². The number of aromatic hydroxyl groups is 1. The van der Waals surface area contributed by atoms with Crippen molar-refractivity contribution in [2.45, 2.75) is 18.9 Å². The van der Waals surface area contributed by atoms with E-state index in [2.05, 4.69) is 5.32 Å². The van der Waals surface area contributed by atoms with E-state index >= 15 is 0 Å². The van der Waals surface area contributed by atoms with Crippen molar-refractivity contribution in [3.05, 3.63) is 34.9 Å². The molecule has 4 rings (SSSR count). The van der Waals surface area contributed by atoms with Gasteiger partial charge in [-0.05, 0) is 48.2 Å². The lowest BCUT2D eigenvalue weighted by molar-refractivity contribution is 0.318. The summed E-state index contributed by atoms with van der Waals surface area (Å²) in [6.07, 6.45) is 1.72. The molecule has 0 radical (unpaired) electrons. The molecule has 0 spiro atoms. The van der Waals surface area contributed by atoms with Crippen molar-refractivity contribution in [2.75, 3.05) is 27.9 Å². The summed E-state index contributed by atoms with van der Waals surface area (Å²) in [6.45, 7) is 0.886. The smallest absolute Gasteiger partial charge is 0.204 e. The molecule has 0 aromatic heterocycles. The Morgan fingerprint density at radius 3 is 2.50 bits per heavy atom. The Labute approximate surface area is 141 Å². The van der Waals surface area contributed by atoms with E-state index in [-0.39, 0.29) is 11.8 Å². The van der Waals surface area contributed by atoms with Crippen molar-refractivity contribution in [2.24, 2.45) is 0 Å². The van der Waals surface area contributed by atoms with Crippen molar-refractivity contribution in [3.63, 3.8) is 0 Å². The highest BCUT2D eigenvalue weighted by Gasteiger charge is 2.36. The van der Waals surface area contributed by atoms with Gasteiger partial charge < -0.3 is 24.6 Å². The molecule has 126 valence electrons. The van der Waals surface area contributed by atoms with Crippen molar-refractivity contribution in [1.29, 1.82) is 0 Å². The predicted octanol–water partition coefficient (Wildman–Crippen LogP) is 2.83. The molecule has 0 amide bonds. The number of phenolic OH excluding ortho intramolecular Hbond substituents is 1. The van der Waals surface area contributed by atoms with Gasteiger partial charge in [0.25, 0.3) is 0 Å². The fourth-order valence-corrected chi connectivity index (χ4v) is 4.11. The first-order valence-corrected chi connectivity index (χ1v) is 8.10. The van der Waals surface area contributed by atoms with Crippen LogP contribution in [-0.4, -0.2) is 33.0 Å². The number of benzene rings is 2. The van der Waals surface area contributed by atoms with Crippen LogP contribution in [0, 0.1) is 0 Å². The molecule has 2 aromatic rings. The average Bonchev–Trinajstić information content (AvgIpc) is 2.60. The molecule has 0 saturated heterocycles. The number of methoxy groups -OCH3 is 3. The van der Waals surface area contributed by atoms with E-state index in [1.165, 1.54) is 11.1 Å². The molecular formula is C19H21NO4. The zero-order valence-electron chi connectivity index (χ0n) is 14.1. The molecule has 0 fully saturated rings. The number of nitrogens with one attached hydrogen (secondary N) is 1. The van der Waals surface area contributed by atoms with Crippen LogP contribution in [0.25, 0.3) is 11.1 Å². The van der Waals surface area contributed by atoms with Crippen LogP contribution in [0.5, 0.6) is 23.0 Å². The maximum Gasteiger partial charge on any atom is 0.204 e. The van der Waals surface area contributed by atoms with E-state index in [0.717, 1.165) is 41.8 Å². The van der Waals surface area contributed by atoms with Crippen LogP contribution >= 0.6 is 0 Å². The number of hydrogen-bond acceptors (Lipinski definition) is 5. The molecule has 5 nitrogen and oxygen atoms in total. The van der Waals surface area contributed by atoms with Gasteiger partial charge >= 0.3 is 0 Å². The van der Waals surface area contributed by atoms with Crippen molar-refractivity contribution < 1.29 is 19.3 Å². The lowest BCUT2D eigenvalue weighted by Gasteiger charge is -2.36. The first kappa shape index (κ1) is 15.1. The van der Waals surface area contributed by atoms with Gasteiger partial charge in [-0.3, -0.25) is 0 Å². The predicted molar refractivity (Wildman–Crippen MR) is 91.4 cm³/mol. The van der Waals surface area contributed by atoms with Gasteiger partial charge in [-0.1, -0.05) is 6.07 Å². The molecule has 0 bridgehead atoms. The molecule has 1 heterocycles. The minimum atomic E-state index is 0.187. The monoisotopic (exact) mass is 327 g/mol. The van der Waals surface area contributed by atoms with E-state index in [1.807, 2.05) is 12.1 Å². The first-order valence-electron chi connectivity index (χ1n) is 8.10. The van der Waals surface area contributed by atoms with Crippen molar-refractivity contribution >= 4 is 0 Å². The Bertz CT molecular complexity index is 816. The third-order valence-electron chi connectivity index (χ3n) is 5.02. The lowest BCUT2D eigenvalue weighted by Crippen LogP contribution is -2.34.